The molecule has 4 aromatic rings. The number of alkyl halides is 3. The van der Waals surface area contributed by atoms with Crippen molar-refractivity contribution < 1.29 is 22.7 Å². The van der Waals surface area contributed by atoms with Gasteiger partial charge >= 0.3 is 6.18 Å². The van der Waals surface area contributed by atoms with Gasteiger partial charge in [0.25, 0.3) is 5.91 Å². The lowest BCUT2D eigenvalue weighted by atomic mass is 10.1. The number of carbonyl (C=O) groups is 1. The Labute approximate surface area is 203 Å². The summed E-state index contributed by atoms with van der Waals surface area (Å²) in [6.45, 7) is 0.244. The van der Waals surface area contributed by atoms with Crippen LogP contribution in [0.15, 0.2) is 66.9 Å². The van der Waals surface area contributed by atoms with E-state index in [1.807, 2.05) is 6.07 Å². The van der Waals surface area contributed by atoms with E-state index >= 15 is 0 Å². The van der Waals surface area contributed by atoms with Gasteiger partial charge in [-0.05, 0) is 29.8 Å². The van der Waals surface area contributed by atoms with Crippen molar-refractivity contribution >= 4 is 11.7 Å². The number of rotatable bonds is 6. The van der Waals surface area contributed by atoms with Crippen LogP contribution in [0.5, 0.6) is 5.75 Å². The summed E-state index contributed by atoms with van der Waals surface area (Å²) < 4.78 is 44.8. The normalized spacial score (nSPS) is 11.1. The number of anilines is 1. The Morgan fingerprint density at radius 2 is 1.86 bits per heavy atom. The molecule has 11 heteroatoms. The lowest BCUT2D eigenvalue weighted by Gasteiger charge is -2.09. The fraction of sp³-hybridized carbons (Fsp3) is 0.120. The molecular formula is C25H19F3N6O2. The molecule has 4 rings (SSSR count). The van der Waals surface area contributed by atoms with Crippen LogP contribution in [0.25, 0.3) is 17.1 Å². The predicted molar refractivity (Wildman–Crippen MR) is 125 cm³/mol. The van der Waals surface area contributed by atoms with E-state index in [0.717, 1.165) is 22.4 Å². The second kappa shape index (κ2) is 9.79. The summed E-state index contributed by atoms with van der Waals surface area (Å²) in [5.74, 6) is 0.163. The van der Waals surface area contributed by atoms with Crippen LogP contribution in [0.4, 0.5) is 19.0 Å². The number of ether oxygens (including phenoxy) is 1. The average Bonchev–Trinajstić information content (AvgIpc) is 3.23. The van der Waals surface area contributed by atoms with Gasteiger partial charge in [0.1, 0.15) is 28.9 Å². The number of para-hydroxylation sites is 1. The molecule has 0 radical (unpaired) electrons. The molecule has 0 aliphatic carbocycles. The maximum absolute atomic E-state index is 12.8. The third-order valence-corrected chi connectivity index (χ3v) is 5.36. The van der Waals surface area contributed by atoms with Crippen LogP contribution in [0, 0.1) is 11.3 Å². The lowest BCUT2D eigenvalue weighted by molar-refractivity contribution is -0.137. The van der Waals surface area contributed by atoms with Crippen molar-refractivity contribution in [3.05, 3.63) is 89.1 Å². The third-order valence-electron chi connectivity index (χ3n) is 5.36. The van der Waals surface area contributed by atoms with Crippen LogP contribution in [0.2, 0.25) is 0 Å². The van der Waals surface area contributed by atoms with E-state index in [4.69, 9.17) is 10.5 Å². The van der Waals surface area contributed by atoms with Gasteiger partial charge < -0.3 is 15.8 Å². The molecule has 0 saturated carbocycles. The number of nitrogens with one attached hydrogen (secondary N) is 1. The molecule has 182 valence electrons. The van der Waals surface area contributed by atoms with Gasteiger partial charge in [-0.3, -0.25) is 4.79 Å². The first kappa shape index (κ1) is 24.3. The highest BCUT2D eigenvalue weighted by Crippen LogP contribution is 2.31. The number of amides is 1. The van der Waals surface area contributed by atoms with Gasteiger partial charge in [0.2, 0.25) is 0 Å². The van der Waals surface area contributed by atoms with Crippen molar-refractivity contribution in [2.75, 3.05) is 12.8 Å². The summed E-state index contributed by atoms with van der Waals surface area (Å²) >= 11 is 0. The molecule has 0 saturated heterocycles. The van der Waals surface area contributed by atoms with Crippen molar-refractivity contribution in [1.29, 1.82) is 5.26 Å². The number of pyridine rings is 1. The minimum absolute atomic E-state index is 0.0407. The zero-order valence-corrected chi connectivity index (χ0v) is 18.9. The molecular weight excluding hydrogens is 473 g/mol. The second-order valence-electron chi connectivity index (χ2n) is 7.62. The van der Waals surface area contributed by atoms with Crippen molar-refractivity contribution in [1.82, 2.24) is 20.1 Å². The Morgan fingerprint density at radius 1 is 1.14 bits per heavy atom. The van der Waals surface area contributed by atoms with Crippen molar-refractivity contribution in [3.8, 4) is 28.9 Å². The van der Waals surface area contributed by atoms with Gasteiger partial charge in [-0.25, -0.2) is 4.98 Å². The van der Waals surface area contributed by atoms with E-state index < -0.39 is 11.7 Å². The number of methoxy groups -OCH3 is 1. The molecule has 0 spiro atoms. The first-order valence-corrected chi connectivity index (χ1v) is 10.6. The highest BCUT2D eigenvalue weighted by molar-refractivity contribution is 5.96. The van der Waals surface area contributed by atoms with Crippen molar-refractivity contribution in [2.45, 2.75) is 12.7 Å². The fourth-order valence-corrected chi connectivity index (χ4v) is 3.49. The molecule has 0 bridgehead atoms. The first-order valence-electron chi connectivity index (χ1n) is 10.6. The number of halogens is 3. The van der Waals surface area contributed by atoms with Gasteiger partial charge in [0.05, 0.1) is 18.2 Å². The van der Waals surface area contributed by atoms with E-state index in [0.29, 0.717) is 23.1 Å². The Hall–Kier alpha value is -4.85. The topological polar surface area (TPSA) is 119 Å². The van der Waals surface area contributed by atoms with Gasteiger partial charge in [0, 0.05) is 18.3 Å². The van der Waals surface area contributed by atoms with Crippen LogP contribution >= 0.6 is 0 Å². The maximum Gasteiger partial charge on any atom is 0.417 e. The molecule has 1 amide bonds. The van der Waals surface area contributed by atoms with Crippen LogP contribution in [0.1, 0.15) is 27.0 Å². The molecule has 0 unspecified atom stereocenters. The summed E-state index contributed by atoms with van der Waals surface area (Å²) in [5.41, 5.74) is 7.22. The van der Waals surface area contributed by atoms with Crippen molar-refractivity contribution in [2.24, 2.45) is 0 Å². The number of nitrogens with two attached hydrogens (primary N) is 1. The Balaban J connectivity index is 1.54. The maximum atomic E-state index is 12.8. The van der Waals surface area contributed by atoms with E-state index in [-0.39, 0.29) is 35.3 Å². The minimum Gasteiger partial charge on any atom is -0.496 e. The number of hydrogen-bond donors (Lipinski definition) is 2. The number of benzene rings is 2. The van der Waals surface area contributed by atoms with Gasteiger partial charge in [-0.2, -0.15) is 28.2 Å². The molecule has 2 aromatic carbocycles. The molecule has 0 aliphatic rings. The number of hydrogen-bond acceptors (Lipinski definition) is 6. The zero-order chi connectivity index (χ0) is 25.9. The first-order chi connectivity index (χ1) is 17.2. The second-order valence-corrected chi connectivity index (χ2v) is 7.62. The lowest BCUT2D eigenvalue weighted by Crippen LogP contribution is -2.23. The third kappa shape index (κ3) is 4.83. The van der Waals surface area contributed by atoms with Crippen LogP contribution in [0.3, 0.4) is 0 Å². The highest BCUT2D eigenvalue weighted by Gasteiger charge is 2.31. The largest absolute Gasteiger partial charge is 0.496 e. The molecule has 2 aromatic heterocycles. The summed E-state index contributed by atoms with van der Waals surface area (Å²) in [6.07, 6.45) is -3.85. The summed E-state index contributed by atoms with van der Waals surface area (Å²) in [7, 11) is 1.49. The van der Waals surface area contributed by atoms with Gasteiger partial charge in [-0.1, -0.05) is 36.4 Å². The highest BCUT2D eigenvalue weighted by atomic mass is 19.4. The number of nitriles is 1. The summed E-state index contributed by atoms with van der Waals surface area (Å²) in [4.78, 5) is 16.3. The van der Waals surface area contributed by atoms with E-state index in [1.165, 1.54) is 7.11 Å². The molecule has 36 heavy (non-hydrogen) atoms. The monoisotopic (exact) mass is 492 g/mol. The molecule has 2 heterocycles. The van der Waals surface area contributed by atoms with Crippen LogP contribution in [-0.2, 0) is 12.7 Å². The molecule has 0 aliphatic heterocycles. The summed E-state index contributed by atoms with van der Waals surface area (Å²) in [5, 5.41) is 16.8. The minimum atomic E-state index is -4.53. The van der Waals surface area contributed by atoms with Crippen molar-refractivity contribution in [3.63, 3.8) is 0 Å². The molecule has 0 atom stereocenters. The van der Waals surface area contributed by atoms with E-state index in [1.54, 1.807) is 48.5 Å². The zero-order valence-electron chi connectivity index (χ0n) is 18.9. The Kier molecular flexibility index (Phi) is 6.60. The van der Waals surface area contributed by atoms with E-state index in [9.17, 15) is 23.2 Å². The molecule has 3 N–H and O–H groups in total. The quantitative estimate of drug-likeness (QED) is 0.413. The smallest absolute Gasteiger partial charge is 0.417 e. The molecule has 0 fully saturated rings. The van der Waals surface area contributed by atoms with Crippen LogP contribution in [-0.4, -0.2) is 27.8 Å². The van der Waals surface area contributed by atoms with Gasteiger partial charge in [0.15, 0.2) is 5.82 Å². The Morgan fingerprint density at radius 3 is 2.47 bits per heavy atom. The SMILES string of the molecule is COc1ccccc1C(=O)NCc1ccc(-c2nn(-c3ccc(C(F)(F)F)cn3)c(N)c2C#N)cc1. The number of nitrogens with zero attached hydrogens (tertiary/aromatic N) is 4. The number of nitrogen functional groups attached to an aromatic ring is 1. The van der Waals surface area contributed by atoms with Crippen LogP contribution < -0.4 is 15.8 Å². The number of aromatic nitrogens is 3. The standard InChI is InChI=1S/C25H19F3N6O2/c1-36-20-5-3-2-4-18(20)24(35)32-13-15-6-8-16(9-7-15)22-19(12-29)23(30)34(33-22)21-11-10-17(14-31-21)25(26,27)28/h2-11,14H,13,30H2,1H3,(H,32,35). The molecule has 8 nitrogen and oxygen atoms in total. The Bertz CT molecular complexity index is 1440. The fourth-order valence-electron chi connectivity index (χ4n) is 3.49. The summed E-state index contributed by atoms with van der Waals surface area (Å²) in [6, 6.07) is 17.8. The van der Waals surface area contributed by atoms with E-state index in [2.05, 4.69) is 15.4 Å². The number of carbonyl (C=O) groups excluding carboxylic acids is 1. The predicted octanol–water partition coefficient (Wildman–Crippen LogP) is 4.35. The van der Waals surface area contributed by atoms with Gasteiger partial charge in [-0.15, -0.1) is 0 Å². The average molecular weight is 492 g/mol.